The van der Waals surface area contributed by atoms with Crippen LogP contribution in [0.4, 0.5) is 0 Å². The molecule has 0 amide bonds. The van der Waals surface area contributed by atoms with E-state index in [1.807, 2.05) is 41.7 Å². The Hall–Kier alpha value is -2.88. The molecule has 27 heavy (non-hydrogen) atoms. The standard InChI is InChI=1S/C23H13ClN2S/c24-14-11-9-13(10-12-14)20-19-21-23(16-6-2-4-8-18(16)26-21)27-22(19)15-5-1-3-7-17(15)25-20/h1-12,26H. The lowest BCUT2D eigenvalue weighted by Gasteiger charge is -2.07. The first-order chi connectivity index (χ1) is 13.3. The molecule has 0 atom stereocenters. The number of halogens is 1. The molecule has 0 fully saturated rings. The average molecular weight is 385 g/mol. The molecular weight excluding hydrogens is 372 g/mol. The van der Waals surface area contributed by atoms with Crippen molar-refractivity contribution >= 4 is 65.0 Å². The first kappa shape index (κ1) is 15.2. The van der Waals surface area contributed by atoms with E-state index >= 15 is 0 Å². The van der Waals surface area contributed by atoms with Crippen molar-refractivity contribution in [3.63, 3.8) is 0 Å². The van der Waals surface area contributed by atoms with Crippen LogP contribution in [0.2, 0.25) is 5.02 Å². The van der Waals surface area contributed by atoms with Gasteiger partial charge in [0.15, 0.2) is 0 Å². The van der Waals surface area contributed by atoms with Gasteiger partial charge in [0.05, 0.1) is 21.4 Å². The largest absolute Gasteiger partial charge is 0.353 e. The summed E-state index contributed by atoms with van der Waals surface area (Å²) in [5.41, 5.74) is 5.42. The SMILES string of the molecule is Clc1ccc(-c2nc3ccccc3c3sc4c5ccccc5[nH]c4c23)cc1. The summed E-state index contributed by atoms with van der Waals surface area (Å²) in [6.07, 6.45) is 0. The van der Waals surface area contributed by atoms with Crippen LogP contribution in [0.25, 0.3) is 53.4 Å². The van der Waals surface area contributed by atoms with E-state index in [2.05, 4.69) is 47.4 Å². The summed E-state index contributed by atoms with van der Waals surface area (Å²) in [7, 11) is 0. The molecule has 0 aliphatic rings. The van der Waals surface area contributed by atoms with Gasteiger partial charge in [-0.15, -0.1) is 11.3 Å². The summed E-state index contributed by atoms with van der Waals surface area (Å²) in [4.78, 5) is 8.67. The predicted octanol–water partition coefficient (Wildman–Crippen LogP) is 7.40. The Morgan fingerprint density at radius 3 is 2.37 bits per heavy atom. The van der Waals surface area contributed by atoms with Crippen LogP contribution < -0.4 is 0 Å². The van der Waals surface area contributed by atoms with Crippen LogP contribution in [0.1, 0.15) is 0 Å². The summed E-state index contributed by atoms with van der Waals surface area (Å²) >= 11 is 7.96. The smallest absolute Gasteiger partial charge is 0.0817 e. The number of benzene rings is 3. The van der Waals surface area contributed by atoms with Crippen molar-refractivity contribution in [2.24, 2.45) is 0 Å². The minimum atomic E-state index is 0.733. The lowest BCUT2D eigenvalue weighted by molar-refractivity contribution is 1.43. The van der Waals surface area contributed by atoms with Crippen LogP contribution in [0.15, 0.2) is 72.8 Å². The van der Waals surface area contributed by atoms with Gasteiger partial charge < -0.3 is 4.98 Å². The predicted molar refractivity (Wildman–Crippen MR) is 117 cm³/mol. The van der Waals surface area contributed by atoms with Crippen molar-refractivity contribution in [3.8, 4) is 11.3 Å². The van der Waals surface area contributed by atoms with E-state index in [4.69, 9.17) is 16.6 Å². The molecule has 1 N–H and O–H groups in total. The molecule has 128 valence electrons. The first-order valence-corrected chi connectivity index (χ1v) is 9.96. The Morgan fingerprint density at radius 1 is 0.778 bits per heavy atom. The molecule has 0 saturated heterocycles. The third-order valence-corrected chi connectivity index (χ3v) is 6.58. The second-order valence-electron chi connectivity index (χ2n) is 6.67. The highest BCUT2D eigenvalue weighted by atomic mass is 35.5. The Kier molecular flexibility index (Phi) is 3.13. The number of nitrogens with one attached hydrogen (secondary N) is 1. The molecule has 4 heteroatoms. The molecule has 0 spiro atoms. The molecule has 3 aromatic carbocycles. The zero-order valence-corrected chi connectivity index (χ0v) is 15.7. The molecule has 6 rings (SSSR count). The summed E-state index contributed by atoms with van der Waals surface area (Å²) in [6, 6.07) is 24.8. The highest BCUT2D eigenvalue weighted by Crippen LogP contribution is 2.44. The van der Waals surface area contributed by atoms with Crippen LogP contribution in [-0.2, 0) is 0 Å². The van der Waals surface area contributed by atoms with Crippen molar-refractivity contribution in [1.29, 1.82) is 0 Å². The van der Waals surface area contributed by atoms with Gasteiger partial charge in [0.1, 0.15) is 0 Å². The molecule has 3 aromatic heterocycles. The van der Waals surface area contributed by atoms with Crippen molar-refractivity contribution in [2.45, 2.75) is 0 Å². The van der Waals surface area contributed by atoms with Gasteiger partial charge in [0.25, 0.3) is 0 Å². The Morgan fingerprint density at radius 2 is 1.52 bits per heavy atom. The van der Waals surface area contributed by atoms with E-state index in [1.54, 1.807) is 0 Å². The van der Waals surface area contributed by atoms with Gasteiger partial charge in [-0.1, -0.05) is 60.1 Å². The Balaban J connectivity index is 1.85. The summed E-state index contributed by atoms with van der Waals surface area (Å²) in [6.45, 7) is 0. The van der Waals surface area contributed by atoms with Gasteiger partial charge in [-0.25, -0.2) is 4.98 Å². The maximum Gasteiger partial charge on any atom is 0.0817 e. The van der Waals surface area contributed by atoms with Crippen LogP contribution in [0, 0.1) is 0 Å². The van der Waals surface area contributed by atoms with E-state index in [0.29, 0.717) is 0 Å². The number of aromatic nitrogens is 2. The number of aromatic amines is 1. The summed E-state index contributed by atoms with van der Waals surface area (Å²) in [5.74, 6) is 0. The maximum absolute atomic E-state index is 6.12. The van der Waals surface area contributed by atoms with Gasteiger partial charge in [0.2, 0.25) is 0 Å². The van der Waals surface area contributed by atoms with Crippen molar-refractivity contribution < 1.29 is 0 Å². The van der Waals surface area contributed by atoms with Crippen LogP contribution >= 0.6 is 22.9 Å². The van der Waals surface area contributed by atoms with Crippen LogP contribution in [-0.4, -0.2) is 9.97 Å². The molecule has 0 unspecified atom stereocenters. The first-order valence-electron chi connectivity index (χ1n) is 8.77. The Bertz CT molecular complexity index is 1480. The molecule has 0 saturated carbocycles. The highest BCUT2D eigenvalue weighted by molar-refractivity contribution is 7.27. The van der Waals surface area contributed by atoms with E-state index < -0.39 is 0 Å². The fraction of sp³-hybridized carbons (Fsp3) is 0. The zero-order chi connectivity index (χ0) is 18.0. The molecule has 0 aliphatic carbocycles. The van der Waals surface area contributed by atoms with E-state index in [1.165, 1.54) is 31.1 Å². The van der Waals surface area contributed by atoms with Gasteiger partial charge in [-0.3, -0.25) is 0 Å². The molecule has 2 nitrogen and oxygen atoms in total. The fourth-order valence-electron chi connectivity index (χ4n) is 3.84. The third-order valence-electron chi connectivity index (χ3n) is 5.08. The molecule has 0 aliphatic heterocycles. The number of hydrogen-bond donors (Lipinski definition) is 1. The van der Waals surface area contributed by atoms with Gasteiger partial charge in [-0.2, -0.15) is 0 Å². The number of thiophene rings is 1. The zero-order valence-electron chi connectivity index (χ0n) is 14.2. The molecule has 6 aromatic rings. The minimum absolute atomic E-state index is 0.733. The van der Waals surface area contributed by atoms with E-state index in [0.717, 1.165) is 27.3 Å². The van der Waals surface area contributed by atoms with Gasteiger partial charge >= 0.3 is 0 Å². The second-order valence-corrected chi connectivity index (χ2v) is 8.12. The number of nitrogens with zero attached hydrogens (tertiary/aromatic N) is 1. The number of pyridine rings is 1. The lowest BCUT2D eigenvalue weighted by Crippen LogP contribution is -1.87. The van der Waals surface area contributed by atoms with E-state index in [9.17, 15) is 0 Å². The quantitative estimate of drug-likeness (QED) is 0.314. The lowest BCUT2D eigenvalue weighted by atomic mass is 10.0. The normalized spacial score (nSPS) is 11.9. The topological polar surface area (TPSA) is 28.7 Å². The fourth-order valence-corrected chi connectivity index (χ4v) is 5.29. The van der Waals surface area contributed by atoms with Crippen molar-refractivity contribution in [3.05, 3.63) is 77.8 Å². The minimum Gasteiger partial charge on any atom is -0.353 e. The van der Waals surface area contributed by atoms with Crippen LogP contribution in [0.3, 0.4) is 0 Å². The number of fused-ring (bicyclic) bond motifs is 7. The third kappa shape index (κ3) is 2.16. The van der Waals surface area contributed by atoms with Crippen LogP contribution in [0.5, 0.6) is 0 Å². The molecular formula is C23H13ClN2S. The number of rotatable bonds is 1. The van der Waals surface area contributed by atoms with Crippen molar-refractivity contribution in [2.75, 3.05) is 0 Å². The Labute approximate surface area is 164 Å². The number of H-pyrrole nitrogens is 1. The second kappa shape index (κ2) is 5.56. The molecule has 0 radical (unpaired) electrons. The molecule has 3 heterocycles. The summed E-state index contributed by atoms with van der Waals surface area (Å²) in [5, 5.41) is 4.38. The highest BCUT2D eigenvalue weighted by Gasteiger charge is 2.18. The number of hydrogen-bond acceptors (Lipinski definition) is 2. The van der Waals surface area contributed by atoms with E-state index in [-0.39, 0.29) is 0 Å². The summed E-state index contributed by atoms with van der Waals surface area (Å²) < 4.78 is 2.56. The average Bonchev–Trinajstić information content (AvgIpc) is 3.25. The number of para-hydroxylation sites is 2. The monoisotopic (exact) mass is 384 g/mol. The van der Waals surface area contributed by atoms with Gasteiger partial charge in [-0.05, 0) is 24.3 Å². The van der Waals surface area contributed by atoms with Gasteiger partial charge in [0, 0.05) is 37.0 Å². The molecule has 0 bridgehead atoms. The van der Waals surface area contributed by atoms with Crippen molar-refractivity contribution in [1.82, 2.24) is 9.97 Å². The maximum atomic E-state index is 6.12.